The first-order chi connectivity index (χ1) is 8.68. The topological polar surface area (TPSA) is 62.5 Å². The number of furan rings is 1. The van der Waals surface area contributed by atoms with Crippen molar-refractivity contribution in [1.82, 2.24) is 5.32 Å². The zero-order valence-corrected chi connectivity index (χ0v) is 10.2. The Kier molecular flexibility index (Phi) is 4.02. The number of aliphatic hydroxyl groups is 1. The highest BCUT2D eigenvalue weighted by molar-refractivity contribution is 6.33. The molecule has 1 unspecified atom stereocenters. The molecule has 0 saturated heterocycles. The van der Waals surface area contributed by atoms with Gasteiger partial charge in [0.05, 0.1) is 29.2 Å². The van der Waals surface area contributed by atoms with Crippen LogP contribution in [0, 0.1) is 0 Å². The Morgan fingerprint density at radius 3 is 2.83 bits per heavy atom. The number of hydrogen-bond donors (Lipinski definition) is 2. The van der Waals surface area contributed by atoms with E-state index in [0.717, 1.165) is 0 Å². The second kappa shape index (κ2) is 5.71. The summed E-state index contributed by atoms with van der Waals surface area (Å²) in [5, 5.41) is 12.8. The zero-order valence-electron chi connectivity index (χ0n) is 9.47. The largest absolute Gasteiger partial charge is 0.472 e. The van der Waals surface area contributed by atoms with Gasteiger partial charge in [-0.25, -0.2) is 0 Å². The fourth-order valence-corrected chi connectivity index (χ4v) is 1.73. The Morgan fingerprint density at radius 2 is 2.17 bits per heavy atom. The average molecular weight is 266 g/mol. The maximum absolute atomic E-state index is 11.8. The van der Waals surface area contributed by atoms with Gasteiger partial charge in [-0.2, -0.15) is 0 Å². The molecule has 0 fully saturated rings. The minimum absolute atomic E-state index is 0.101. The maximum atomic E-state index is 11.8. The quantitative estimate of drug-likeness (QED) is 0.892. The van der Waals surface area contributed by atoms with Crippen LogP contribution in [0.2, 0.25) is 5.02 Å². The maximum Gasteiger partial charge on any atom is 0.252 e. The minimum Gasteiger partial charge on any atom is -0.472 e. The first-order valence-electron chi connectivity index (χ1n) is 5.41. The molecule has 1 aromatic carbocycles. The third-order valence-electron chi connectivity index (χ3n) is 2.50. The fraction of sp³-hybridized carbons (Fsp3) is 0.154. The van der Waals surface area contributed by atoms with Gasteiger partial charge in [-0.15, -0.1) is 0 Å². The summed E-state index contributed by atoms with van der Waals surface area (Å²) in [6.45, 7) is 0.101. The summed E-state index contributed by atoms with van der Waals surface area (Å²) in [6.07, 6.45) is 2.11. The van der Waals surface area contributed by atoms with Gasteiger partial charge in [-0.3, -0.25) is 4.79 Å². The molecule has 1 amide bonds. The number of carbonyl (C=O) groups excluding carboxylic acids is 1. The van der Waals surface area contributed by atoms with Gasteiger partial charge in [0.1, 0.15) is 0 Å². The van der Waals surface area contributed by atoms with Crippen LogP contribution in [0.25, 0.3) is 0 Å². The molecule has 1 heterocycles. The van der Waals surface area contributed by atoms with Crippen LogP contribution in [0.1, 0.15) is 22.0 Å². The van der Waals surface area contributed by atoms with Gasteiger partial charge in [0.25, 0.3) is 5.91 Å². The van der Waals surface area contributed by atoms with Crippen LogP contribution >= 0.6 is 11.6 Å². The fourth-order valence-electron chi connectivity index (χ4n) is 1.51. The number of rotatable bonds is 4. The van der Waals surface area contributed by atoms with E-state index in [9.17, 15) is 9.90 Å². The lowest BCUT2D eigenvalue weighted by Gasteiger charge is -2.10. The molecule has 1 aromatic heterocycles. The van der Waals surface area contributed by atoms with Crippen LogP contribution < -0.4 is 5.32 Å². The summed E-state index contributed by atoms with van der Waals surface area (Å²) in [5.41, 5.74) is 1.01. The van der Waals surface area contributed by atoms with Gasteiger partial charge in [-0.1, -0.05) is 23.7 Å². The molecule has 2 N–H and O–H groups in total. The molecule has 0 aliphatic carbocycles. The van der Waals surface area contributed by atoms with Crippen molar-refractivity contribution >= 4 is 17.5 Å². The number of amides is 1. The van der Waals surface area contributed by atoms with Gasteiger partial charge < -0.3 is 14.8 Å². The number of hydrogen-bond acceptors (Lipinski definition) is 3. The second-order valence-corrected chi connectivity index (χ2v) is 4.17. The highest BCUT2D eigenvalue weighted by atomic mass is 35.5. The molecule has 0 bridgehead atoms. The van der Waals surface area contributed by atoms with Crippen LogP contribution in [0.5, 0.6) is 0 Å². The van der Waals surface area contributed by atoms with Gasteiger partial charge in [-0.05, 0) is 18.2 Å². The van der Waals surface area contributed by atoms with Crippen molar-refractivity contribution in [3.8, 4) is 0 Å². The van der Waals surface area contributed by atoms with Crippen molar-refractivity contribution in [2.45, 2.75) is 6.10 Å². The van der Waals surface area contributed by atoms with E-state index >= 15 is 0 Å². The number of carbonyl (C=O) groups is 1. The molecule has 0 aliphatic rings. The van der Waals surface area contributed by atoms with Crippen molar-refractivity contribution in [2.24, 2.45) is 0 Å². The van der Waals surface area contributed by atoms with E-state index in [1.807, 2.05) is 0 Å². The summed E-state index contributed by atoms with van der Waals surface area (Å²) < 4.78 is 4.85. The number of aliphatic hydroxyl groups excluding tert-OH is 1. The molecule has 2 rings (SSSR count). The third-order valence-corrected chi connectivity index (χ3v) is 2.83. The Bertz CT molecular complexity index is 525. The number of nitrogens with one attached hydrogen (secondary N) is 1. The molecular weight excluding hydrogens is 254 g/mol. The van der Waals surface area contributed by atoms with Crippen LogP contribution in [0.3, 0.4) is 0 Å². The molecule has 0 radical (unpaired) electrons. The molecule has 2 aromatic rings. The van der Waals surface area contributed by atoms with E-state index in [0.29, 0.717) is 16.1 Å². The van der Waals surface area contributed by atoms with Crippen molar-refractivity contribution in [3.05, 3.63) is 59.0 Å². The zero-order chi connectivity index (χ0) is 13.0. The molecule has 0 saturated carbocycles. The van der Waals surface area contributed by atoms with Gasteiger partial charge in [0.2, 0.25) is 0 Å². The predicted molar refractivity (Wildman–Crippen MR) is 67.5 cm³/mol. The number of halogens is 1. The standard InChI is InChI=1S/C13H12ClNO3/c14-11-4-2-1-3-10(11)13(17)15-7-12(16)9-5-6-18-8-9/h1-6,8,12,16H,7H2,(H,15,17). The van der Waals surface area contributed by atoms with E-state index in [2.05, 4.69) is 5.32 Å². The van der Waals surface area contributed by atoms with Gasteiger partial charge in [0.15, 0.2) is 0 Å². The summed E-state index contributed by atoms with van der Waals surface area (Å²) in [4.78, 5) is 11.8. The van der Waals surface area contributed by atoms with Gasteiger partial charge in [0, 0.05) is 12.1 Å². The minimum atomic E-state index is -0.796. The molecule has 1 atom stereocenters. The Hall–Kier alpha value is -1.78. The van der Waals surface area contributed by atoms with E-state index in [1.165, 1.54) is 12.5 Å². The van der Waals surface area contributed by atoms with Gasteiger partial charge >= 0.3 is 0 Å². The third kappa shape index (κ3) is 2.91. The lowest BCUT2D eigenvalue weighted by Crippen LogP contribution is -2.28. The molecule has 5 heteroatoms. The van der Waals surface area contributed by atoms with Crippen molar-refractivity contribution in [2.75, 3.05) is 6.54 Å². The van der Waals surface area contributed by atoms with Crippen LogP contribution in [0.15, 0.2) is 47.3 Å². The molecule has 4 nitrogen and oxygen atoms in total. The average Bonchev–Trinajstić information content (AvgIpc) is 2.90. The summed E-state index contributed by atoms with van der Waals surface area (Å²) in [7, 11) is 0. The monoisotopic (exact) mass is 265 g/mol. The highest BCUT2D eigenvalue weighted by Crippen LogP contribution is 2.15. The lowest BCUT2D eigenvalue weighted by molar-refractivity contribution is 0.0916. The van der Waals surface area contributed by atoms with Crippen molar-refractivity contribution in [3.63, 3.8) is 0 Å². The highest BCUT2D eigenvalue weighted by Gasteiger charge is 2.13. The summed E-state index contributed by atoms with van der Waals surface area (Å²) in [5.74, 6) is -0.317. The van der Waals surface area contributed by atoms with Crippen LogP contribution in [-0.4, -0.2) is 17.6 Å². The second-order valence-electron chi connectivity index (χ2n) is 3.76. The molecule has 18 heavy (non-hydrogen) atoms. The predicted octanol–water partition coefficient (Wildman–Crippen LogP) is 2.40. The SMILES string of the molecule is O=C(NCC(O)c1ccoc1)c1ccccc1Cl. The Balaban J connectivity index is 1.95. The normalized spacial score (nSPS) is 12.1. The smallest absolute Gasteiger partial charge is 0.252 e. The van der Waals surface area contributed by atoms with E-state index in [1.54, 1.807) is 30.3 Å². The molecule has 0 aliphatic heterocycles. The van der Waals surface area contributed by atoms with Crippen LogP contribution in [0.4, 0.5) is 0 Å². The van der Waals surface area contributed by atoms with E-state index in [4.69, 9.17) is 16.0 Å². The summed E-state index contributed by atoms with van der Waals surface area (Å²) in [6, 6.07) is 8.39. The van der Waals surface area contributed by atoms with Crippen molar-refractivity contribution in [1.29, 1.82) is 0 Å². The molecule has 0 spiro atoms. The first kappa shape index (κ1) is 12.7. The number of benzene rings is 1. The lowest BCUT2D eigenvalue weighted by atomic mass is 10.2. The van der Waals surface area contributed by atoms with Crippen molar-refractivity contribution < 1.29 is 14.3 Å². The first-order valence-corrected chi connectivity index (χ1v) is 5.79. The molecular formula is C13H12ClNO3. The van der Waals surface area contributed by atoms with E-state index in [-0.39, 0.29) is 12.5 Å². The Morgan fingerprint density at radius 1 is 1.39 bits per heavy atom. The van der Waals surface area contributed by atoms with Crippen LogP contribution in [-0.2, 0) is 0 Å². The molecule has 94 valence electrons. The van der Waals surface area contributed by atoms with E-state index < -0.39 is 6.10 Å². The Labute approximate surface area is 109 Å². The summed E-state index contributed by atoms with van der Waals surface area (Å²) >= 11 is 5.90.